The number of hydrogen-bond acceptors (Lipinski definition) is 4. The molecule has 0 atom stereocenters. The number of carbonyl (C=O) groups is 1. The first-order valence-electron chi connectivity index (χ1n) is 8.66. The Labute approximate surface area is 159 Å². The standard InChI is InChI=1S/C19H19F4N3O2/c1-2-28-18(27)25-14-5-6-15(16(20)17(14)24)26-8-7-11-3-4-13(19(21,22)23)9-12(11)10-26/h3-6,9H,2,7-8,10,24H2,1H3,(H,25,27). The Bertz CT molecular complexity index is 899. The molecule has 28 heavy (non-hydrogen) atoms. The predicted molar refractivity (Wildman–Crippen MR) is 97.7 cm³/mol. The number of hydrogen-bond donors (Lipinski definition) is 2. The Morgan fingerprint density at radius 2 is 2.00 bits per heavy atom. The lowest BCUT2D eigenvalue weighted by Gasteiger charge is -2.32. The van der Waals surface area contributed by atoms with Gasteiger partial charge in [0, 0.05) is 13.1 Å². The van der Waals surface area contributed by atoms with Crippen molar-refractivity contribution in [1.29, 1.82) is 0 Å². The zero-order chi connectivity index (χ0) is 20.5. The van der Waals surface area contributed by atoms with E-state index in [-0.39, 0.29) is 30.2 Å². The lowest BCUT2D eigenvalue weighted by molar-refractivity contribution is -0.137. The summed E-state index contributed by atoms with van der Waals surface area (Å²) in [6, 6.07) is 6.49. The molecule has 150 valence electrons. The Kier molecular flexibility index (Phi) is 5.35. The van der Waals surface area contributed by atoms with Crippen LogP contribution in [-0.2, 0) is 23.9 Å². The molecule has 0 spiro atoms. The first-order valence-corrected chi connectivity index (χ1v) is 8.66. The summed E-state index contributed by atoms with van der Waals surface area (Å²) in [5.41, 5.74) is 6.32. The Morgan fingerprint density at radius 1 is 1.25 bits per heavy atom. The van der Waals surface area contributed by atoms with Gasteiger partial charge in [0.2, 0.25) is 0 Å². The number of nitrogens with two attached hydrogens (primary N) is 1. The van der Waals surface area contributed by atoms with Gasteiger partial charge in [0.1, 0.15) is 0 Å². The van der Waals surface area contributed by atoms with Gasteiger partial charge in [-0.3, -0.25) is 5.32 Å². The zero-order valence-electron chi connectivity index (χ0n) is 15.1. The van der Waals surface area contributed by atoms with Crippen molar-refractivity contribution in [3.05, 3.63) is 52.8 Å². The van der Waals surface area contributed by atoms with Gasteiger partial charge in [0.15, 0.2) is 5.82 Å². The third-order valence-electron chi connectivity index (χ3n) is 4.56. The van der Waals surface area contributed by atoms with Crippen molar-refractivity contribution in [1.82, 2.24) is 0 Å². The summed E-state index contributed by atoms with van der Waals surface area (Å²) in [4.78, 5) is 13.1. The third-order valence-corrected chi connectivity index (χ3v) is 4.56. The van der Waals surface area contributed by atoms with E-state index in [2.05, 4.69) is 5.32 Å². The highest BCUT2D eigenvalue weighted by Gasteiger charge is 2.32. The molecule has 0 saturated carbocycles. The second-order valence-corrected chi connectivity index (χ2v) is 6.36. The highest BCUT2D eigenvalue weighted by molar-refractivity contribution is 5.90. The predicted octanol–water partition coefficient (Wildman–Crippen LogP) is 4.56. The second-order valence-electron chi connectivity index (χ2n) is 6.36. The first-order chi connectivity index (χ1) is 13.2. The van der Waals surface area contributed by atoms with E-state index in [4.69, 9.17) is 10.5 Å². The number of nitrogen functional groups attached to an aromatic ring is 1. The van der Waals surface area contributed by atoms with Gasteiger partial charge in [-0.2, -0.15) is 13.2 Å². The Hall–Kier alpha value is -2.97. The van der Waals surface area contributed by atoms with Crippen molar-refractivity contribution < 1.29 is 27.1 Å². The summed E-state index contributed by atoms with van der Waals surface area (Å²) in [6.07, 6.45) is -4.71. The van der Waals surface area contributed by atoms with E-state index in [1.165, 1.54) is 18.2 Å². The molecule has 1 amide bonds. The van der Waals surface area contributed by atoms with Crippen LogP contribution >= 0.6 is 0 Å². The maximum atomic E-state index is 14.8. The maximum absolute atomic E-state index is 14.8. The molecular weight excluding hydrogens is 378 g/mol. The molecule has 0 radical (unpaired) electrons. The maximum Gasteiger partial charge on any atom is 0.416 e. The van der Waals surface area contributed by atoms with Crippen LogP contribution in [0.25, 0.3) is 0 Å². The normalized spacial score (nSPS) is 13.8. The smallest absolute Gasteiger partial charge is 0.416 e. The van der Waals surface area contributed by atoms with Crippen LogP contribution in [-0.4, -0.2) is 19.2 Å². The fourth-order valence-corrected chi connectivity index (χ4v) is 3.15. The van der Waals surface area contributed by atoms with Crippen LogP contribution in [0, 0.1) is 5.82 Å². The van der Waals surface area contributed by atoms with Crippen molar-refractivity contribution in [2.45, 2.75) is 26.1 Å². The molecule has 3 N–H and O–H groups in total. The van der Waals surface area contributed by atoms with Crippen LogP contribution in [0.3, 0.4) is 0 Å². The van der Waals surface area contributed by atoms with Crippen molar-refractivity contribution in [2.75, 3.05) is 29.1 Å². The van der Waals surface area contributed by atoms with Gasteiger partial charge in [-0.15, -0.1) is 0 Å². The van der Waals surface area contributed by atoms with Gasteiger partial charge in [-0.1, -0.05) is 6.07 Å². The largest absolute Gasteiger partial charge is 0.450 e. The highest BCUT2D eigenvalue weighted by atomic mass is 19.4. The minimum absolute atomic E-state index is 0.0662. The molecule has 1 aliphatic rings. The molecule has 2 aromatic rings. The molecule has 2 aromatic carbocycles. The summed E-state index contributed by atoms with van der Waals surface area (Å²) >= 11 is 0. The van der Waals surface area contributed by atoms with Gasteiger partial charge >= 0.3 is 12.3 Å². The minimum atomic E-state index is -4.44. The van der Waals surface area contributed by atoms with Crippen LogP contribution in [0.5, 0.6) is 0 Å². The molecule has 0 unspecified atom stereocenters. The number of halogens is 4. The van der Waals surface area contributed by atoms with Gasteiger partial charge in [-0.25, -0.2) is 9.18 Å². The number of anilines is 3. The molecule has 0 aliphatic carbocycles. The molecule has 1 aliphatic heterocycles. The van der Waals surface area contributed by atoms with Gasteiger partial charge in [0.25, 0.3) is 0 Å². The van der Waals surface area contributed by atoms with Crippen molar-refractivity contribution in [3.8, 4) is 0 Å². The molecule has 9 heteroatoms. The quantitative estimate of drug-likeness (QED) is 0.589. The molecule has 5 nitrogen and oxygen atoms in total. The Balaban J connectivity index is 1.85. The molecule has 3 rings (SSSR count). The molecule has 0 bridgehead atoms. The van der Waals surface area contributed by atoms with Crippen molar-refractivity contribution in [3.63, 3.8) is 0 Å². The number of alkyl halides is 3. The van der Waals surface area contributed by atoms with Gasteiger partial charge in [0.05, 0.1) is 29.2 Å². The number of nitrogens with one attached hydrogen (secondary N) is 1. The summed E-state index contributed by atoms with van der Waals surface area (Å²) in [5.74, 6) is -0.746. The average molecular weight is 397 g/mol. The van der Waals surface area contributed by atoms with Gasteiger partial charge in [-0.05, 0) is 48.7 Å². The van der Waals surface area contributed by atoms with Crippen LogP contribution in [0.4, 0.5) is 39.4 Å². The molecular formula is C19H19F4N3O2. The number of nitrogens with zero attached hydrogens (tertiary/aromatic N) is 1. The zero-order valence-corrected chi connectivity index (χ0v) is 15.1. The van der Waals surface area contributed by atoms with Crippen LogP contribution < -0.4 is 16.0 Å². The summed E-state index contributed by atoms with van der Waals surface area (Å²) in [7, 11) is 0. The second kappa shape index (κ2) is 7.57. The number of carbonyl (C=O) groups excluding carboxylic acids is 1. The number of amides is 1. The fourth-order valence-electron chi connectivity index (χ4n) is 3.15. The Morgan fingerprint density at radius 3 is 2.68 bits per heavy atom. The van der Waals surface area contributed by atoms with Crippen molar-refractivity contribution in [2.24, 2.45) is 0 Å². The van der Waals surface area contributed by atoms with E-state index >= 15 is 0 Å². The SMILES string of the molecule is CCOC(=O)Nc1ccc(N2CCc3ccc(C(F)(F)F)cc3C2)c(F)c1N. The lowest BCUT2D eigenvalue weighted by atomic mass is 9.96. The number of rotatable bonds is 3. The topological polar surface area (TPSA) is 67.6 Å². The van der Waals surface area contributed by atoms with Crippen LogP contribution in [0.1, 0.15) is 23.6 Å². The number of fused-ring (bicyclic) bond motifs is 1. The first kappa shape index (κ1) is 19.8. The van der Waals surface area contributed by atoms with E-state index < -0.39 is 23.7 Å². The van der Waals surface area contributed by atoms with E-state index in [0.717, 1.165) is 17.7 Å². The van der Waals surface area contributed by atoms with E-state index in [1.807, 2.05) is 0 Å². The summed E-state index contributed by atoms with van der Waals surface area (Å²) in [6.45, 7) is 2.34. The highest BCUT2D eigenvalue weighted by Crippen LogP contribution is 2.35. The van der Waals surface area contributed by atoms with Crippen LogP contribution in [0.15, 0.2) is 30.3 Å². The van der Waals surface area contributed by atoms with E-state index in [9.17, 15) is 22.4 Å². The molecule has 0 saturated heterocycles. The van der Waals surface area contributed by atoms with Gasteiger partial charge < -0.3 is 15.4 Å². The molecule has 0 fully saturated rings. The van der Waals surface area contributed by atoms with E-state index in [0.29, 0.717) is 18.5 Å². The van der Waals surface area contributed by atoms with E-state index in [1.54, 1.807) is 11.8 Å². The average Bonchev–Trinajstić information content (AvgIpc) is 2.64. The summed E-state index contributed by atoms with van der Waals surface area (Å²) in [5, 5.41) is 2.35. The monoisotopic (exact) mass is 397 g/mol. The van der Waals surface area contributed by atoms with Crippen molar-refractivity contribution >= 4 is 23.2 Å². The fraction of sp³-hybridized carbons (Fsp3) is 0.316. The third kappa shape index (κ3) is 3.97. The number of benzene rings is 2. The minimum Gasteiger partial charge on any atom is -0.450 e. The number of ether oxygens (including phenoxy) is 1. The van der Waals surface area contributed by atoms with Crippen LogP contribution in [0.2, 0.25) is 0 Å². The lowest BCUT2D eigenvalue weighted by Crippen LogP contribution is -2.31. The molecule has 1 heterocycles. The summed E-state index contributed by atoms with van der Waals surface area (Å²) < 4.78 is 58.4. The molecule has 0 aromatic heterocycles.